The molecule has 0 aliphatic carbocycles. The summed E-state index contributed by atoms with van der Waals surface area (Å²) in [5.74, 6) is 0. The van der Waals surface area contributed by atoms with Crippen LogP contribution < -0.4 is 5.32 Å². The lowest BCUT2D eigenvalue weighted by molar-refractivity contribution is 0.110. The van der Waals surface area contributed by atoms with Gasteiger partial charge in [0.15, 0.2) is 0 Å². The molecule has 17 heavy (non-hydrogen) atoms. The van der Waals surface area contributed by atoms with Crippen molar-refractivity contribution >= 4 is 10.0 Å². The summed E-state index contributed by atoms with van der Waals surface area (Å²) in [4.78, 5) is 0. The van der Waals surface area contributed by atoms with Crippen molar-refractivity contribution in [3.63, 3.8) is 0 Å². The number of hydrogen-bond acceptors (Lipinski definition) is 3. The molecule has 0 aromatic carbocycles. The van der Waals surface area contributed by atoms with Crippen LogP contribution in [0.15, 0.2) is 0 Å². The third-order valence-corrected chi connectivity index (χ3v) is 6.37. The van der Waals surface area contributed by atoms with E-state index >= 15 is 0 Å². The molecular weight excluding hydrogens is 236 g/mol. The molecule has 0 radical (unpaired) electrons. The minimum atomic E-state index is -3.07. The van der Waals surface area contributed by atoms with Crippen molar-refractivity contribution in [3.8, 4) is 0 Å². The van der Waals surface area contributed by atoms with Crippen LogP contribution in [0.3, 0.4) is 0 Å². The van der Waals surface area contributed by atoms with Gasteiger partial charge in [0.05, 0.1) is 5.25 Å². The van der Waals surface area contributed by atoms with Crippen molar-refractivity contribution in [1.82, 2.24) is 9.62 Å². The number of sulfonamides is 1. The lowest BCUT2D eigenvalue weighted by atomic mass is 9.75. The predicted molar refractivity (Wildman–Crippen MR) is 69.4 cm³/mol. The zero-order chi connectivity index (χ0) is 12.5. The van der Waals surface area contributed by atoms with Crippen LogP contribution in [0.5, 0.6) is 0 Å². The Morgan fingerprint density at radius 1 is 1.24 bits per heavy atom. The van der Waals surface area contributed by atoms with Gasteiger partial charge in [0.2, 0.25) is 10.0 Å². The van der Waals surface area contributed by atoms with E-state index in [4.69, 9.17) is 0 Å². The predicted octanol–water partition coefficient (Wildman–Crippen LogP) is 1.19. The number of nitrogens with zero attached hydrogens (tertiary/aromatic N) is 1. The van der Waals surface area contributed by atoms with Crippen LogP contribution >= 0.6 is 0 Å². The van der Waals surface area contributed by atoms with Gasteiger partial charge in [-0.25, -0.2) is 12.7 Å². The van der Waals surface area contributed by atoms with E-state index in [9.17, 15) is 8.42 Å². The summed E-state index contributed by atoms with van der Waals surface area (Å²) >= 11 is 0. The van der Waals surface area contributed by atoms with Gasteiger partial charge in [-0.15, -0.1) is 0 Å². The van der Waals surface area contributed by atoms with E-state index in [0.29, 0.717) is 6.54 Å². The molecule has 2 saturated heterocycles. The fourth-order valence-corrected chi connectivity index (χ4v) is 4.49. The van der Waals surface area contributed by atoms with Gasteiger partial charge >= 0.3 is 0 Å². The molecule has 5 heteroatoms. The Morgan fingerprint density at radius 2 is 1.94 bits per heavy atom. The Balaban J connectivity index is 2.12. The summed E-state index contributed by atoms with van der Waals surface area (Å²) < 4.78 is 26.2. The van der Waals surface area contributed by atoms with Crippen molar-refractivity contribution in [1.29, 1.82) is 0 Å². The van der Waals surface area contributed by atoms with E-state index < -0.39 is 10.0 Å². The normalized spacial score (nSPS) is 32.2. The van der Waals surface area contributed by atoms with Crippen LogP contribution in [0.1, 0.15) is 39.5 Å². The molecule has 1 N–H and O–H groups in total. The fraction of sp³-hybridized carbons (Fsp3) is 1.00. The van der Waals surface area contributed by atoms with Gasteiger partial charge < -0.3 is 5.32 Å². The van der Waals surface area contributed by atoms with Crippen molar-refractivity contribution in [2.45, 2.75) is 44.8 Å². The second kappa shape index (κ2) is 4.86. The fourth-order valence-electron chi connectivity index (χ4n) is 3.06. The van der Waals surface area contributed by atoms with Crippen molar-refractivity contribution in [3.05, 3.63) is 0 Å². The molecule has 0 saturated carbocycles. The first-order valence-electron chi connectivity index (χ1n) is 6.66. The van der Waals surface area contributed by atoms with E-state index in [0.717, 1.165) is 26.1 Å². The molecule has 100 valence electrons. The van der Waals surface area contributed by atoms with Gasteiger partial charge in [-0.2, -0.15) is 0 Å². The minimum Gasteiger partial charge on any atom is -0.316 e. The minimum absolute atomic E-state index is 0.207. The number of nitrogens with one attached hydrogen (secondary N) is 1. The molecular formula is C12H24N2O2S. The van der Waals surface area contributed by atoms with Crippen LogP contribution in [0.25, 0.3) is 0 Å². The Morgan fingerprint density at radius 3 is 2.53 bits per heavy atom. The maximum absolute atomic E-state index is 12.2. The largest absolute Gasteiger partial charge is 0.316 e. The highest BCUT2D eigenvalue weighted by Gasteiger charge is 2.40. The third kappa shape index (κ3) is 2.66. The topological polar surface area (TPSA) is 49.4 Å². The third-order valence-electron chi connectivity index (χ3n) is 4.14. The second-order valence-corrected chi connectivity index (χ2v) is 8.30. The molecule has 1 unspecified atom stereocenters. The molecule has 2 rings (SSSR count). The second-order valence-electron chi connectivity index (χ2n) is 5.81. The first kappa shape index (κ1) is 13.3. The lowest BCUT2D eigenvalue weighted by Crippen LogP contribution is -2.53. The SMILES string of the molecule is CC(C)S(=O)(=O)N1CCCC2(CCCNC2)C1. The molecule has 2 aliphatic rings. The highest BCUT2D eigenvalue weighted by molar-refractivity contribution is 7.89. The summed E-state index contributed by atoms with van der Waals surface area (Å²) in [7, 11) is -3.07. The Labute approximate surface area is 105 Å². The maximum Gasteiger partial charge on any atom is 0.216 e. The van der Waals surface area contributed by atoms with Gasteiger partial charge in [0.25, 0.3) is 0 Å². The Kier molecular flexibility index (Phi) is 3.80. The summed E-state index contributed by atoms with van der Waals surface area (Å²) in [6, 6.07) is 0. The molecule has 1 atom stereocenters. The van der Waals surface area contributed by atoms with Gasteiger partial charge in [-0.1, -0.05) is 0 Å². The summed E-state index contributed by atoms with van der Waals surface area (Å²) in [6.45, 7) is 7.05. The molecule has 2 aliphatic heterocycles. The summed E-state index contributed by atoms with van der Waals surface area (Å²) in [5, 5.41) is 3.13. The van der Waals surface area contributed by atoms with E-state index in [-0.39, 0.29) is 10.7 Å². The maximum atomic E-state index is 12.2. The number of piperidine rings is 2. The molecule has 0 aromatic heterocycles. The molecule has 0 bridgehead atoms. The van der Waals surface area contributed by atoms with Crippen molar-refractivity contribution < 1.29 is 8.42 Å². The number of rotatable bonds is 2. The molecule has 1 spiro atoms. The van der Waals surface area contributed by atoms with Crippen LogP contribution in [0.4, 0.5) is 0 Å². The van der Waals surface area contributed by atoms with Crippen molar-refractivity contribution in [2.75, 3.05) is 26.2 Å². The van der Waals surface area contributed by atoms with Crippen molar-refractivity contribution in [2.24, 2.45) is 5.41 Å². The molecule has 4 nitrogen and oxygen atoms in total. The van der Waals surface area contributed by atoms with E-state index in [1.54, 1.807) is 18.2 Å². The highest BCUT2D eigenvalue weighted by Crippen LogP contribution is 2.37. The standard InChI is InChI=1S/C12H24N2O2S/c1-11(2)17(15,16)14-8-4-6-12(10-14)5-3-7-13-9-12/h11,13H,3-10H2,1-2H3. The van der Waals surface area contributed by atoms with Gasteiger partial charge in [0, 0.05) is 19.6 Å². The average Bonchev–Trinajstić information content (AvgIpc) is 2.30. The smallest absolute Gasteiger partial charge is 0.216 e. The quantitative estimate of drug-likeness (QED) is 0.811. The van der Waals surface area contributed by atoms with Gasteiger partial charge in [-0.3, -0.25) is 0 Å². The lowest BCUT2D eigenvalue weighted by Gasteiger charge is -2.45. The molecule has 2 heterocycles. The van der Waals surface area contributed by atoms with Gasteiger partial charge in [-0.05, 0) is 51.5 Å². The van der Waals surface area contributed by atoms with E-state index in [1.807, 2.05) is 0 Å². The average molecular weight is 260 g/mol. The Bertz CT molecular complexity index is 353. The summed E-state index contributed by atoms with van der Waals surface area (Å²) in [6.07, 6.45) is 4.53. The van der Waals surface area contributed by atoms with E-state index in [2.05, 4.69) is 5.32 Å². The highest BCUT2D eigenvalue weighted by atomic mass is 32.2. The molecule has 2 fully saturated rings. The van der Waals surface area contributed by atoms with Crippen LogP contribution in [-0.2, 0) is 10.0 Å². The summed E-state index contributed by atoms with van der Waals surface area (Å²) in [5.41, 5.74) is 0.207. The zero-order valence-corrected chi connectivity index (χ0v) is 11.7. The Hall–Kier alpha value is -0.130. The molecule has 0 aromatic rings. The monoisotopic (exact) mass is 260 g/mol. The first-order valence-corrected chi connectivity index (χ1v) is 8.16. The molecule has 0 amide bonds. The number of hydrogen-bond donors (Lipinski definition) is 1. The first-order chi connectivity index (χ1) is 7.96. The van der Waals surface area contributed by atoms with Crippen LogP contribution in [0.2, 0.25) is 0 Å². The van der Waals surface area contributed by atoms with Gasteiger partial charge in [0.1, 0.15) is 0 Å². The van der Waals surface area contributed by atoms with E-state index in [1.165, 1.54) is 19.3 Å². The van der Waals surface area contributed by atoms with Crippen LogP contribution in [-0.4, -0.2) is 44.2 Å². The zero-order valence-electron chi connectivity index (χ0n) is 10.9. The van der Waals surface area contributed by atoms with Crippen LogP contribution in [0, 0.1) is 5.41 Å².